The highest BCUT2D eigenvalue weighted by Gasteiger charge is 2.38. The number of ether oxygens (including phenoxy) is 3. The molecule has 26 heavy (non-hydrogen) atoms. The van der Waals surface area contributed by atoms with E-state index in [1.54, 1.807) is 34.6 Å². The molecule has 146 valence electrons. The van der Waals surface area contributed by atoms with Crippen molar-refractivity contribution in [3.63, 3.8) is 0 Å². The Bertz CT molecular complexity index is 641. The van der Waals surface area contributed by atoms with E-state index in [1.165, 1.54) is 0 Å². The molecule has 0 radical (unpaired) electrons. The van der Waals surface area contributed by atoms with Gasteiger partial charge in [-0.25, -0.2) is 9.59 Å². The maximum atomic E-state index is 12.5. The van der Waals surface area contributed by atoms with Crippen LogP contribution in [0.4, 0.5) is 4.79 Å². The van der Waals surface area contributed by atoms with Crippen molar-refractivity contribution in [2.45, 2.75) is 59.1 Å². The molecule has 1 aromatic rings. The second-order valence-electron chi connectivity index (χ2n) is 7.05. The zero-order valence-electron chi connectivity index (χ0n) is 16.3. The van der Waals surface area contributed by atoms with Gasteiger partial charge in [-0.2, -0.15) is 0 Å². The van der Waals surface area contributed by atoms with Gasteiger partial charge in [-0.15, -0.1) is 0 Å². The molecule has 1 rings (SSSR count). The van der Waals surface area contributed by atoms with Gasteiger partial charge in [0.15, 0.2) is 0 Å². The molecule has 1 N–H and O–H groups in total. The Morgan fingerprint density at radius 1 is 1.12 bits per heavy atom. The summed E-state index contributed by atoms with van der Waals surface area (Å²) in [7, 11) is 0. The number of carbonyl (C=O) groups is 2. The quantitative estimate of drug-likeness (QED) is 0.474. The Morgan fingerprint density at radius 2 is 1.77 bits per heavy atom. The lowest BCUT2D eigenvalue weighted by Crippen LogP contribution is -2.55. The van der Waals surface area contributed by atoms with E-state index >= 15 is 0 Å². The predicted octanol–water partition coefficient (Wildman–Crippen LogP) is 4.08. The van der Waals surface area contributed by atoms with Crippen molar-refractivity contribution in [3.05, 3.63) is 27.3 Å². The maximum absolute atomic E-state index is 12.5. The molecule has 0 aliphatic carbocycles. The zero-order valence-corrected chi connectivity index (χ0v) is 18.4. The maximum Gasteiger partial charge on any atom is 0.408 e. The highest BCUT2D eigenvalue weighted by atomic mass is 127. The summed E-state index contributed by atoms with van der Waals surface area (Å²) in [4.78, 5) is 24.7. The van der Waals surface area contributed by atoms with Crippen molar-refractivity contribution >= 4 is 34.7 Å². The molecular weight excluding hydrogens is 449 g/mol. The van der Waals surface area contributed by atoms with Crippen LogP contribution in [0.15, 0.2) is 18.2 Å². The van der Waals surface area contributed by atoms with Crippen molar-refractivity contribution in [2.75, 3.05) is 13.2 Å². The zero-order chi connectivity index (χ0) is 20.0. The molecule has 1 amide bonds. The van der Waals surface area contributed by atoms with E-state index in [0.29, 0.717) is 6.61 Å². The van der Waals surface area contributed by atoms with E-state index in [9.17, 15) is 9.59 Å². The first-order valence-electron chi connectivity index (χ1n) is 8.60. The molecule has 6 nitrogen and oxygen atoms in total. The van der Waals surface area contributed by atoms with E-state index in [-0.39, 0.29) is 13.0 Å². The molecule has 0 saturated carbocycles. The summed E-state index contributed by atoms with van der Waals surface area (Å²) in [6, 6.07) is 5.67. The number of amides is 1. The summed E-state index contributed by atoms with van der Waals surface area (Å²) in [5.41, 5.74) is -1.02. The fourth-order valence-corrected chi connectivity index (χ4v) is 3.06. The van der Waals surface area contributed by atoms with Gasteiger partial charge in [-0.3, -0.25) is 0 Å². The predicted molar refractivity (Wildman–Crippen MR) is 108 cm³/mol. The van der Waals surface area contributed by atoms with Gasteiger partial charge in [0.25, 0.3) is 0 Å². The molecule has 0 aromatic heterocycles. The van der Waals surface area contributed by atoms with Gasteiger partial charge >= 0.3 is 12.1 Å². The van der Waals surface area contributed by atoms with Crippen molar-refractivity contribution in [1.29, 1.82) is 0 Å². The number of rotatable bonds is 7. The van der Waals surface area contributed by atoms with Gasteiger partial charge in [-0.05, 0) is 81.8 Å². The number of alkyl carbamates (subject to hydrolysis) is 1. The standard InChI is InChI=1S/C19H28INO5/c1-7-24-15-10-9-13(11-14(15)20)12-19(6,16(22)25-8-2)21-17(23)26-18(3,4)5/h9-11H,7-8,12H2,1-6H3,(H,21,23)/t19-/m0/s1. The average Bonchev–Trinajstić information content (AvgIpc) is 2.48. The van der Waals surface area contributed by atoms with Crippen molar-refractivity contribution < 1.29 is 23.8 Å². The second-order valence-corrected chi connectivity index (χ2v) is 8.22. The van der Waals surface area contributed by atoms with Gasteiger partial charge < -0.3 is 19.5 Å². The van der Waals surface area contributed by atoms with Crippen LogP contribution in [0.1, 0.15) is 47.1 Å². The van der Waals surface area contributed by atoms with Gasteiger partial charge in [0.1, 0.15) is 16.9 Å². The summed E-state index contributed by atoms with van der Waals surface area (Å²) in [5.74, 6) is 0.282. The molecule has 1 atom stereocenters. The summed E-state index contributed by atoms with van der Waals surface area (Å²) >= 11 is 2.18. The van der Waals surface area contributed by atoms with Crippen molar-refractivity contribution in [2.24, 2.45) is 0 Å². The largest absolute Gasteiger partial charge is 0.493 e. The Balaban J connectivity index is 3.04. The third kappa shape index (κ3) is 7.01. The van der Waals surface area contributed by atoms with Gasteiger partial charge in [-0.1, -0.05) is 6.07 Å². The SMILES string of the molecule is CCOC(=O)[C@](C)(Cc1ccc(OCC)c(I)c1)NC(=O)OC(C)(C)C. The summed E-state index contributed by atoms with van der Waals surface area (Å²) < 4.78 is 16.9. The number of esters is 1. The molecule has 0 heterocycles. The number of hydrogen-bond acceptors (Lipinski definition) is 5. The van der Waals surface area contributed by atoms with Crippen LogP contribution in [-0.2, 0) is 20.7 Å². The number of hydrogen-bond donors (Lipinski definition) is 1. The van der Waals surface area contributed by atoms with Crippen LogP contribution in [0.25, 0.3) is 0 Å². The van der Waals surface area contributed by atoms with Crippen LogP contribution in [0, 0.1) is 3.57 Å². The normalized spacial score (nSPS) is 13.5. The Kier molecular flexibility index (Phi) is 8.17. The van der Waals surface area contributed by atoms with E-state index in [0.717, 1.165) is 14.9 Å². The van der Waals surface area contributed by atoms with Gasteiger partial charge in [0, 0.05) is 6.42 Å². The van der Waals surface area contributed by atoms with Crippen LogP contribution in [-0.4, -0.2) is 36.4 Å². The lowest BCUT2D eigenvalue weighted by molar-refractivity contribution is -0.150. The van der Waals surface area contributed by atoms with Crippen LogP contribution in [0.5, 0.6) is 5.75 Å². The third-order valence-electron chi connectivity index (χ3n) is 3.36. The van der Waals surface area contributed by atoms with E-state index in [4.69, 9.17) is 14.2 Å². The Morgan fingerprint density at radius 3 is 2.27 bits per heavy atom. The third-order valence-corrected chi connectivity index (χ3v) is 4.20. The number of carbonyl (C=O) groups excluding carboxylic acids is 2. The average molecular weight is 477 g/mol. The first-order chi connectivity index (χ1) is 12.0. The minimum absolute atomic E-state index is 0.227. The molecule has 1 aromatic carbocycles. The topological polar surface area (TPSA) is 73.9 Å². The van der Waals surface area contributed by atoms with Gasteiger partial charge in [0.05, 0.1) is 16.8 Å². The lowest BCUT2D eigenvalue weighted by atomic mass is 9.93. The van der Waals surface area contributed by atoms with Crippen LogP contribution < -0.4 is 10.1 Å². The number of benzene rings is 1. The van der Waals surface area contributed by atoms with Crippen LogP contribution >= 0.6 is 22.6 Å². The second kappa shape index (κ2) is 9.43. The fourth-order valence-electron chi connectivity index (χ4n) is 2.32. The summed E-state index contributed by atoms with van der Waals surface area (Å²) in [6.07, 6.45) is -0.387. The monoisotopic (exact) mass is 477 g/mol. The number of halogens is 1. The molecule has 0 fully saturated rings. The molecule has 0 saturated heterocycles. The molecule has 0 spiro atoms. The molecule has 0 bridgehead atoms. The fraction of sp³-hybridized carbons (Fsp3) is 0.579. The van der Waals surface area contributed by atoms with Crippen molar-refractivity contribution in [1.82, 2.24) is 5.32 Å². The highest BCUT2D eigenvalue weighted by molar-refractivity contribution is 14.1. The molecule has 0 aliphatic heterocycles. The van der Waals surface area contributed by atoms with Crippen molar-refractivity contribution in [3.8, 4) is 5.75 Å². The van der Waals surface area contributed by atoms with E-state index in [1.807, 2.05) is 25.1 Å². The van der Waals surface area contributed by atoms with Crippen LogP contribution in [0.2, 0.25) is 0 Å². The number of nitrogens with one attached hydrogen (secondary N) is 1. The summed E-state index contributed by atoms with van der Waals surface area (Å²) in [5, 5.41) is 2.67. The van der Waals surface area contributed by atoms with E-state index < -0.39 is 23.2 Å². The first-order valence-corrected chi connectivity index (χ1v) is 9.68. The Hall–Kier alpha value is -1.51. The first kappa shape index (κ1) is 22.5. The molecular formula is C19H28INO5. The van der Waals surface area contributed by atoms with E-state index in [2.05, 4.69) is 27.9 Å². The minimum Gasteiger partial charge on any atom is -0.493 e. The molecule has 0 aliphatic rings. The lowest BCUT2D eigenvalue weighted by Gasteiger charge is -2.30. The smallest absolute Gasteiger partial charge is 0.408 e. The minimum atomic E-state index is -1.24. The van der Waals surface area contributed by atoms with Crippen LogP contribution in [0.3, 0.4) is 0 Å². The highest BCUT2D eigenvalue weighted by Crippen LogP contribution is 2.25. The van der Waals surface area contributed by atoms with Gasteiger partial charge in [0.2, 0.25) is 0 Å². The molecule has 0 unspecified atom stereocenters. The summed E-state index contributed by atoms with van der Waals surface area (Å²) in [6.45, 7) is 11.4. The molecule has 7 heteroatoms. The Labute approximate surface area is 169 Å².